The predicted octanol–water partition coefficient (Wildman–Crippen LogP) is 6.22. The number of carbonyl (C=O) groups is 1. The van der Waals surface area contributed by atoms with Gasteiger partial charge in [-0.2, -0.15) is 13.2 Å². The number of amides is 1. The summed E-state index contributed by atoms with van der Waals surface area (Å²) in [6, 6.07) is 11.4. The highest BCUT2D eigenvalue weighted by Gasteiger charge is 2.53. The molecule has 0 saturated heterocycles. The second-order valence-electron chi connectivity index (χ2n) is 11.5. The maximum atomic E-state index is 13.4. The van der Waals surface area contributed by atoms with Crippen molar-refractivity contribution < 1.29 is 18.0 Å². The Labute approximate surface area is 223 Å². The third-order valence-corrected chi connectivity index (χ3v) is 9.83. The van der Waals surface area contributed by atoms with Crippen molar-refractivity contribution in [3.63, 3.8) is 0 Å². The van der Waals surface area contributed by atoms with Gasteiger partial charge in [-0.3, -0.25) is 14.2 Å². The fraction of sp³-hybridized carbons (Fsp3) is 0.483. The van der Waals surface area contributed by atoms with E-state index in [0.717, 1.165) is 41.6 Å². The molecule has 4 aliphatic rings. The summed E-state index contributed by atoms with van der Waals surface area (Å²) in [5.74, 6) is 2.19. The van der Waals surface area contributed by atoms with Gasteiger partial charge in [-0.05, 0) is 98.9 Å². The molecule has 0 aliphatic heterocycles. The molecule has 4 fully saturated rings. The second kappa shape index (κ2) is 9.43. The summed E-state index contributed by atoms with van der Waals surface area (Å²) in [5.41, 5.74) is -0.664. The van der Waals surface area contributed by atoms with Crippen molar-refractivity contribution in [2.45, 2.75) is 62.8 Å². The van der Waals surface area contributed by atoms with Gasteiger partial charge >= 0.3 is 6.18 Å². The summed E-state index contributed by atoms with van der Waals surface area (Å²) in [6.45, 7) is 2.11. The smallest absolute Gasteiger partial charge is 0.352 e. The van der Waals surface area contributed by atoms with Crippen molar-refractivity contribution >= 4 is 28.6 Å². The van der Waals surface area contributed by atoms with Gasteiger partial charge in [0.25, 0.3) is 5.56 Å². The molecule has 3 aromatic rings. The zero-order valence-electron chi connectivity index (χ0n) is 21.1. The molecule has 0 unspecified atom stereocenters. The molecule has 1 heterocycles. The highest BCUT2D eigenvalue weighted by atomic mass is 32.2. The van der Waals surface area contributed by atoms with Crippen molar-refractivity contribution in [1.82, 2.24) is 14.9 Å². The lowest BCUT2D eigenvalue weighted by molar-refractivity contribution is -0.137. The number of halogens is 3. The fourth-order valence-corrected chi connectivity index (χ4v) is 8.36. The molecule has 4 bridgehead atoms. The van der Waals surface area contributed by atoms with Crippen molar-refractivity contribution in [2.75, 3.05) is 5.75 Å². The zero-order chi connectivity index (χ0) is 26.7. The number of aromatic nitrogens is 2. The van der Waals surface area contributed by atoms with E-state index >= 15 is 0 Å². The minimum absolute atomic E-state index is 0.0143. The Morgan fingerprint density at radius 3 is 2.39 bits per heavy atom. The van der Waals surface area contributed by atoms with Crippen LogP contribution in [-0.4, -0.2) is 27.3 Å². The van der Waals surface area contributed by atoms with Crippen LogP contribution < -0.4 is 10.9 Å². The lowest BCUT2D eigenvalue weighted by Crippen LogP contribution is -2.56. The summed E-state index contributed by atoms with van der Waals surface area (Å²) < 4.78 is 41.4. The highest BCUT2D eigenvalue weighted by molar-refractivity contribution is 7.99. The van der Waals surface area contributed by atoms with Gasteiger partial charge in [0.05, 0.1) is 27.9 Å². The Morgan fingerprint density at radius 2 is 1.74 bits per heavy atom. The van der Waals surface area contributed by atoms with E-state index in [9.17, 15) is 22.8 Å². The molecule has 4 saturated carbocycles. The van der Waals surface area contributed by atoms with Gasteiger partial charge in [0.1, 0.15) is 0 Å². The van der Waals surface area contributed by atoms with Crippen LogP contribution in [0.5, 0.6) is 0 Å². The average molecular weight is 542 g/mol. The fourth-order valence-electron chi connectivity index (χ4n) is 7.53. The van der Waals surface area contributed by atoms with Crippen LogP contribution in [-0.2, 0) is 11.0 Å². The van der Waals surface area contributed by atoms with E-state index < -0.39 is 17.3 Å². The maximum Gasteiger partial charge on any atom is 0.416 e. The number of hydrogen-bond donors (Lipinski definition) is 1. The molecule has 2 aromatic carbocycles. The van der Waals surface area contributed by atoms with E-state index in [-0.39, 0.29) is 34.0 Å². The van der Waals surface area contributed by atoms with Crippen molar-refractivity contribution in [2.24, 2.45) is 23.2 Å². The predicted molar refractivity (Wildman–Crippen MR) is 141 cm³/mol. The standard InChI is InChI=1S/C29H30F3N3O2S/c1-17(28-13-18-9-19(14-28)11-20(10-18)15-28)33-25(36)16-38-27-34-24-8-3-2-7-23(24)26(37)35(27)22-6-4-5-21(12-22)29(30,31)32/h2-8,12,17-20H,9-11,13-16H2,1H3,(H,33,36)/t17-,18?,19?,20?,28?/m1/s1. The highest BCUT2D eigenvalue weighted by Crippen LogP contribution is 2.61. The first-order valence-electron chi connectivity index (χ1n) is 13.2. The quantitative estimate of drug-likeness (QED) is 0.297. The minimum Gasteiger partial charge on any atom is -0.352 e. The van der Waals surface area contributed by atoms with Crippen LogP contribution in [0.1, 0.15) is 51.0 Å². The van der Waals surface area contributed by atoms with Gasteiger partial charge < -0.3 is 5.32 Å². The van der Waals surface area contributed by atoms with Crippen molar-refractivity contribution in [3.8, 4) is 5.69 Å². The number of carbonyl (C=O) groups excluding carboxylic acids is 1. The molecule has 5 nitrogen and oxygen atoms in total. The molecule has 1 N–H and O–H groups in total. The Hall–Kier alpha value is -2.81. The summed E-state index contributed by atoms with van der Waals surface area (Å²) in [5, 5.41) is 3.71. The van der Waals surface area contributed by atoms with E-state index in [2.05, 4.69) is 17.2 Å². The molecule has 0 spiro atoms. The molecular formula is C29H30F3N3O2S. The van der Waals surface area contributed by atoms with Crippen LogP contribution in [0.3, 0.4) is 0 Å². The van der Waals surface area contributed by atoms with E-state index in [0.29, 0.717) is 10.9 Å². The summed E-state index contributed by atoms with van der Waals surface area (Å²) in [6.07, 6.45) is 2.96. The van der Waals surface area contributed by atoms with E-state index in [1.54, 1.807) is 24.3 Å². The van der Waals surface area contributed by atoms with Gasteiger partial charge in [-0.1, -0.05) is 30.0 Å². The van der Waals surface area contributed by atoms with Crippen LogP contribution in [0.2, 0.25) is 0 Å². The number of alkyl halides is 3. The summed E-state index contributed by atoms with van der Waals surface area (Å²) in [4.78, 5) is 31.1. The summed E-state index contributed by atoms with van der Waals surface area (Å²) >= 11 is 1.07. The number of para-hydroxylation sites is 1. The average Bonchev–Trinajstić information content (AvgIpc) is 2.86. The lowest BCUT2D eigenvalue weighted by Gasteiger charge is -2.59. The molecule has 9 heteroatoms. The Balaban J connectivity index is 1.26. The Kier molecular flexibility index (Phi) is 6.32. The van der Waals surface area contributed by atoms with Gasteiger partial charge in [0.2, 0.25) is 5.91 Å². The van der Waals surface area contributed by atoms with E-state index in [4.69, 9.17) is 0 Å². The number of nitrogens with one attached hydrogen (secondary N) is 1. The first kappa shape index (κ1) is 25.5. The minimum atomic E-state index is -4.55. The number of thioether (sulfide) groups is 1. The number of nitrogens with zero attached hydrogens (tertiary/aromatic N) is 2. The number of benzene rings is 2. The molecular weight excluding hydrogens is 511 g/mol. The maximum absolute atomic E-state index is 13.4. The first-order valence-corrected chi connectivity index (χ1v) is 14.2. The zero-order valence-corrected chi connectivity index (χ0v) is 21.9. The van der Waals surface area contributed by atoms with Gasteiger partial charge in [-0.15, -0.1) is 0 Å². The topological polar surface area (TPSA) is 64.0 Å². The van der Waals surface area contributed by atoms with Crippen LogP contribution in [0, 0.1) is 23.2 Å². The molecule has 200 valence electrons. The van der Waals surface area contributed by atoms with E-state index in [1.807, 2.05) is 0 Å². The van der Waals surface area contributed by atoms with Gasteiger partial charge in [-0.25, -0.2) is 4.98 Å². The Morgan fingerprint density at radius 1 is 1.08 bits per heavy atom. The molecule has 0 radical (unpaired) electrons. The molecule has 38 heavy (non-hydrogen) atoms. The normalized spacial score (nSPS) is 27.0. The van der Waals surface area contributed by atoms with Crippen LogP contribution in [0.15, 0.2) is 58.5 Å². The van der Waals surface area contributed by atoms with Crippen LogP contribution in [0.25, 0.3) is 16.6 Å². The number of hydrogen-bond acceptors (Lipinski definition) is 4. The van der Waals surface area contributed by atoms with Gasteiger partial charge in [0.15, 0.2) is 5.16 Å². The molecule has 1 atom stereocenters. The largest absolute Gasteiger partial charge is 0.416 e. The molecule has 1 amide bonds. The molecule has 1 aromatic heterocycles. The second-order valence-corrected chi connectivity index (χ2v) is 12.4. The Bertz CT molecular complexity index is 1420. The number of rotatable bonds is 6. The van der Waals surface area contributed by atoms with Crippen molar-refractivity contribution in [1.29, 1.82) is 0 Å². The third kappa shape index (κ3) is 4.63. The number of fused-ring (bicyclic) bond motifs is 1. The lowest BCUT2D eigenvalue weighted by atomic mass is 9.48. The molecule has 4 aliphatic carbocycles. The summed E-state index contributed by atoms with van der Waals surface area (Å²) in [7, 11) is 0. The monoisotopic (exact) mass is 541 g/mol. The van der Waals surface area contributed by atoms with Crippen LogP contribution >= 0.6 is 11.8 Å². The SMILES string of the molecule is C[C@@H](NC(=O)CSc1nc2ccccc2c(=O)n1-c1cccc(C(F)(F)F)c1)C12CC3CC(CC(C3)C1)C2. The van der Waals surface area contributed by atoms with Gasteiger partial charge in [0, 0.05) is 6.04 Å². The van der Waals surface area contributed by atoms with E-state index in [1.165, 1.54) is 55.2 Å². The third-order valence-electron chi connectivity index (χ3n) is 8.89. The molecule has 7 rings (SSSR count). The van der Waals surface area contributed by atoms with Crippen molar-refractivity contribution in [3.05, 3.63) is 64.4 Å². The first-order chi connectivity index (χ1) is 18.1. The van der Waals surface area contributed by atoms with Crippen LogP contribution in [0.4, 0.5) is 13.2 Å².